The Morgan fingerprint density at radius 2 is 2.00 bits per heavy atom. The Morgan fingerprint density at radius 1 is 1.26 bits per heavy atom. The molecule has 0 unspecified atom stereocenters. The maximum absolute atomic E-state index is 12.0. The summed E-state index contributed by atoms with van der Waals surface area (Å²) in [5.41, 5.74) is 1.13. The first-order valence-corrected chi connectivity index (χ1v) is 7.37. The van der Waals surface area contributed by atoms with Crippen molar-refractivity contribution in [3.8, 4) is 0 Å². The number of carbonyl (C=O) groups excluding carboxylic acids is 2. The first-order chi connectivity index (χ1) is 11.1. The SMILES string of the molecule is Cn1nc(C(=O)NCCCO)cc1NC(=O)Cc1ccccc1. The van der Waals surface area contributed by atoms with Gasteiger partial charge in [0.2, 0.25) is 5.91 Å². The summed E-state index contributed by atoms with van der Waals surface area (Å²) < 4.78 is 1.45. The summed E-state index contributed by atoms with van der Waals surface area (Å²) in [5.74, 6) is -0.0534. The number of aryl methyl sites for hydroxylation is 1. The third-order valence-corrected chi connectivity index (χ3v) is 3.21. The molecule has 2 aromatic rings. The van der Waals surface area contributed by atoms with Gasteiger partial charge in [-0.05, 0) is 12.0 Å². The van der Waals surface area contributed by atoms with Crippen molar-refractivity contribution in [3.05, 3.63) is 47.7 Å². The lowest BCUT2D eigenvalue weighted by atomic mass is 10.1. The second-order valence-electron chi connectivity index (χ2n) is 5.08. The third kappa shape index (κ3) is 4.93. The van der Waals surface area contributed by atoms with Crippen LogP contribution in [0.5, 0.6) is 0 Å². The molecule has 1 aromatic heterocycles. The number of benzene rings is 1. The molecule has 0 radical (unpaired) electrons. The molecule has 0 atom stereocenters. The molecule has 2 amide bonds. The summed E-state index contributed by atoms with van der Waals surface area (Å²) in [5, 5.41) is 18.2. The van der Waals surface area contributed by atoms with Crippen molar-refractivity contribution in [1.82, 2.24) is 15.1 Å². The normalized spacial score (nSPS) is 10.3. The first-order valence-electron chi connectivity index (χ1n) is 7.37. The van der Waals surface area contributed by atoms with Gasteiger partial charge in [-0.2, -0.15) is 5.10 Å². The van der Waals surface area contributed by atoms with E-state index in [-0.39, 0.29) is 30.5 Å². The molecular weight excluding hydrogens is 296 g/mol. The second kappa shape index (κ2) is 8.09. The molecule has 0 aliphatic carbocycles. The molecule has 0 saturated carbocycles. The van der Waals surface area contributed by atoms with Crippen LogP contribution in [-0.2, 0) is 18.3 Å². The van der Waals surface area contributed by atoms with E-state index in [1.54, 1.807) is 7.05 Å². The van der Waals surface area contributed by atoms with Crippen molar-refractivity contribution in [2.75, 3.05) is 18.5 Å². The molecule has 0 bridgehead atoms. The lowest BCUT2D eigenvalue weighted by Crippen LogP contribution is -2.25. The Morgan fingerprint density at radius 3 is 2.70 bits per heavy atom. The largest absolute Gasteiger partial charge is 0.396 e. The van der Waals surface area contributed by atoms with E-state index in [1.165, 1.54) is 10.7 Å². The number of amides is 2. The van der Waals surface area contributed by atoms with Gasteiger partial charge < -0.3 is 15.7 Å². The molecule has 0 spiro atoms. The standard InChI is InChI=1S/C16H20N4O3/c1-20-14(11-13(19-20)16(23)17-8-5-9-21)18-15(22)10-12-6-3-2-4-7-12/h2-4,6-7,11,21H,5,8-10H2,1H3,(H,17,23)(H,18,22). The fourth-order valence-electron chi connectivity index (χ4n) is 2.04. The zero-order chi connectivity index (χ0) is 16.7. The number of nitrogens with zero attached hydrogens (tertiary/aromatic N) is 2. The Bertz CT molecular complexity index is 667. The molecule has 0 fully saturated rings. The minimum Gasteiger partial charge on any atom is -0.396 e. The monoisotopic (exact) mass is 316 g/mol. The zero-order valence-electron chi connectivity index (χ0n) is 13.0. The molecule has 3 N–H and O–H groups in total. The summed E-state index contributed by atoms with van der Waals surface area (Å²) >= 11 is 0. The highest BCUT2D eigenvalue weighted by molar-refractivity contribution is 5.95. The quantitative estimate of drug-likeness (QED) is 0.656. The number of hydrogen-bond acceptors (Lipinski definition) is 4. The highest BCUT2D eigenvalue weighted by atomic mass is 16.3. The zero-order valence-corrected chi connectivity index (χ0v) is 13.0. The Labute approximate surface area is 134 Å². The topological polar surface area (TPSA) is 96.2 Å². The maximum atomic E-state index is 12.0. The van der Waals surface area contributed by atoms with E-state index in [4.69, 9.17) is 5.11 Å². The number of aromatic nitrogens is 2. The van der Waals surface area contributed by atoms with Gasteiger partial charge in [0.15, 0.2) is 5.69 Å². The lowest BCUT2D eigenvalue weighted by Gasteiger charge is -2.04. The average Bonchev–Trinajstić information content (AvgIpc) is 2.89. The minimum atomic E-state index is -0.336. The van der Waals surface area contributed by atoms with Crippen molar-refractivity contribution in [1.29, 1.82) is 0 Å². The minimum absolute atomic E-state index is 0.0172. The first kappa shape index (κ1) is 16.7. The third-order valence-electron chi connectivity index (χ3n) is 3.21. The van der Waals surface area contributed by atoms with Gasteiger partial charge in [0.25, 0.3) is 5.91 Å². The van der Waals surface area contributed by atoms with E-state index in [1.807, 2.05) is 30.3 Å². The average molecular weight is 316 g/mol. The fourth-order valence-corrected chi connectivity index (χ4v) is 2.04. The van der Waals surface area contributed by atoms with Gasteiger partial charge >= 0.3 is 0 Å². The van der Waals surface area contributed by atoms with Crippen LogP contribution >= 0.6 is 0 Å². The van der Waals surface area contributed by atoms with E-state index in [9.17, 15) is 9.59 Å². The van der Waals surface area contributed by atoms with Gasteiger partial charge in [0.05, 0.1) is 6.42 Å². The van der Waals surface area contributed by atoms with E-state index in [0.29, 0.717) is 18.8 Å². The van der Waals surface area contributed by atoms with Crippen LogP contribution in [-0.4, -0.2) is 39.9 Å². The van der Waals surface area contributed by atoms with Crippen LogP contribution in [0.4, 0.5) is 5.82 Å². The molecular formula is C16H20N4O3. The van der Waals surface area contributed by atoms with Crippen molar-refractivity contribution >= 4 is 17.6 Å². The van der Waals surface area contributed by atoms with Gasteiger partial charge in [0, 0.05) is 26.3 Å². The van der Waals surface area contributed by atoms with Crippen molar-refractivity contribution in [2.24, 2.45) is 7.05 Å². The second-order valence-corrected chi connectivity index (χ2v) is 5.08. The summed E-state index contributed by atoms with van der Waals surface area (Å²) in [6.45, 7) is 0.394. The number of carbonyl (C=O) groups is 2. The number of anilines is 1. The molecule has 0 aliphatic rings. The number of aliphatic hydroxyl groups is 1. The Balaban J connectivity index is 1.95. The number of aliphatic hydroxyl groups excluding tert-OH is 1. The van der Waals surface area contributed by atoms with Crippen LogP contribution < -0.4 is 10.6 Å². The molecule has 7 nitrogen and oxygen atoms in total. The summed E-state index contributed by atoms with van der Waals surface area (Å²) in [4.78, 5) is 23.9. The van der Waals surface area contributed by atoms with Crippen molar-refractivity contribution in [3.63, 3.8) is 0 Å². The van der Waals surface area contributed by atoms with Crippen LogP contribution in [0.15, 0.2) is 36.4 Å². The summed E-state index contributed by atoms with van der Waals surface area (Å²) in [6, 6.07) is 10.9. The number of hydrogen-bond donors (Lipinski definition) is 3. The molecule has 2 rings (SSSR count). The Kier molecular flexibility index (Phi) is 5.87. The van der Waals surface area contributed by atoms with E-state index >= 15 is 0 Å². The maximum Gasteiger partial charge on any atom is 0.271 e. The molecule has 0 aliphatic heterocycles. The van der Waals surface area contributed by atoms with Gasteiger partial charge in [0.1, 0.15) is 5.82 Å². The lowest BCUT2D eigenvalue weighted by molar-refractivity contribution is -0.115. The summed E-state index contributed by atoms with van der Waals surface area (Å²) in [6.07, 6.45) is 0.739. The smallest absolute Gasteiger partial charge is 0.271 e. The molecule has 7 heteroatoms. The van der Waals surface area contributed by atoms with Gasteiger partial charge in [-0.3, -0.25) is 14.3 Å². The van der Waals surface area contributed by atoms with Gasteiger partial charge in [-0.25, -0.2) is 0 Å². The Hall–Kier alpha value is -2.67. The van der Waals surface area contributed by atoms with E-state index < -0.39 is 0 Å². The molecule has 122 valence electrons. The van der Waals surface area contributed by atoms with E-state index in [2.05, 4.69) is 15.7 Å². The van der Waals surface area contributed by atoms with Crippen molar-refractivity contribution < 1.29 is 14.7 Å². The highest BCUT2D eigenvalue weighted by Crippen LogP contribution is 2.10. The van der Waals surface area contributed by atoms with E-state index in [0.717, 1.165) is 5.56 Å². The van der Waals surface area contributed by atoms with Crippen LogP contribution in [0.2, 0.25) is 0 Å². The molecule has 1 heterocycles. The molecule has 23 heavy (non-hydrogen) atoms. The predicted octanol–water partition coefficient (Wildman–Crippen LogP) is 0.713. The van der Waals surface area contributed by atoms with Crippen molar-refractivity contribution in [2.45, 2.75) is 12.8 Å². The van der Waals surface area contributed by atoms with Crippen LogP contribution in [0, 0.1) is 0 Å². The predicted molar refractivity (Wildman–Crippen MR) is 86.0 cm³/mol. The molecule has 0 saturated heterocycles. The van der Waals surface area contributed by atoms with Gasteiger partial charge in [-0.1, -0.05) is 30.3 Å². The molecule has 1 aromatic carbocycles. The number of nitrogens with one attached hydrogen (secondary N) is 2. The van der Waals surface area contributed by atoms with Crippen LogP contribution in [0.25, 0.3) is 0 Å². The van der Waals surface area contributed by atoms with Crippen LogP contribution in [0.1, 0.15) is 22.5 Å². The highest BCUT2D eigenvalue weighted by Gasteiger charge is 2.14. The van der Waals surface area contributed by atoms with Crippen LogP contribution in [0.3, 0.4) is 0 Å². The fraction of sp³-hybridized carbons (Fsp3) is 0.312. The summed E-state index contributed by atoms with van der Waals surface area (Å²) in [7, 11) is 1.66. The number of rotatable bonds is 7. The van der Waals surface area contributed by atoms with Gasteiger partial charge in [-0.15, -0.1) is 0 Å².